The molecule has 4 unspecified atom stereocenters. The van der Waals surface area contributed by atoms with Crippen molar-refractivity contribution < 1.29 is 29.4 Å². The molecule has 0 radical (unpaired) electrons. The quantitative estimate of drug-likeness (QED) is 0.143. The Labute approximate surface area is 225 Å². The third kappa shape index (κ3) is 12.4. The lowest BCUT2D eigenvalue weighted by Crippen LogP contribution is -2.57. The first-order chi connectivity index (χ1) is 17.8. The number of carboxylic acids is 1. The minimum Gasteiger partial charge on any atom is -0.508 e. The Morgan fingerprint density at radius 1 is 0.789 bits per heavy atom. The zero-order valence-electron chi connectivity index (χ0n) is 22.9. The van der Waals surface area contributed by atoms with Crippen molar-refractivity contribution in [2.75, 3.05) is 6.54 Å². The van der Waals surface area contributed by atoms with Gasteiger partial charge in [0.1, 0.15) is 23.9 Å². The number of phenols is 1. The predicted molar refractivity (Wildman–Crippen MR) is 145 cm³/mol. The van der Waals surface area contributed by atoms with E-state index in [1.807, 2.05) is 27.7 Å². The molecular weight excluding hydrogens is 490 g/mol. The number of aliphatic carboxylic acids is 1. The summed E-state index contributed by atoms with van der Waals surface area (Å²) >= 11 is 0. The average Bonchev–Trinajstić information content (AvgIpc) is 2.83. The van der Waals surface area contributed by atoms with Gasteiger partial charge in [0.25, 0.3) is 0 Å². The zero-order chi connectivity index (χ0) is 28.8. The Bertz CT molecular complexity index is 906. The highest BCUT2D eigenvalue weighted by molar-refractivity contribution is 5.94. The molecule has 1 rings (SSSR count). The molecule has 0 aliphatic heterocycles. The lowest BCUT2D eigenvalue weighted by molar-refractivity contribution is -0.143. The van der Waals surface area contributed by atoms with E-state index in [1.54, 1.807) is 12.1 Å². The second-order valence-corrected chi connectivity index (χ2v) is 10.5. The number of phenolic OH excluding ortho intramolecular Hbond substituents is 1. The van der Waals surface area contributed by atoms with E-state index in [1.165, 1.54) is 12.1 Å². The molecular formula is C27H45N5O6. The smallest absolute Gasteiger partial charge is 0.326 e. The molecule has 3 amide bonds. The molecule has 1 aromatic rings. The van der Waals surface area contributed by atoms with Crippen LogP contribution in [0.3, 0.4) is 0 Å². The summed E-state index contributed by atoms with van der Waals surface area (Å²) in [5.74, 6) is -2.64. The molecule has 0 heterocycles. The maximum atomic E-state index is 13.3. The standard InChI is InChI=1S/C27H45N5O6/c1-16(2)13-22(26(36)32-23(27(37)38)14-17(3)4)31-25(35)21(7-5-6-12-28)30-24(34)20(29)15-18-8-10-19(33)11-9-18/h8-11,16-17,20-23,33H,5-7,12-15,28-29H2,1-4H3,(H,30,34)(H,31,35)(H,32,36)(H,37,38). The van der Waals surface area contributed by atoms with Gasteiger partial charge in [-0.3, -0.25) is 14.4 Å². The minimum absolute atomic E-state index is 0.0310. The first kappa shape index (κ1) is 32.8. The highest BCUT2D eigenvalue weighted by atomic mass is 16.4. The number of aromatic hydroxyl groups is 1. The average molecular weight is 536 g/mol. The van der Waals surface area contributed by atoms with E-state index in [-0.39, 0.29) is 36.8 Å². The summed E-state index contributed by atoms with van der Waals surface area (Å²) in [5, 5.41) is 26.9. The molecule has 0 saturated heterocycles. The molecule has 9 N–H and O–H groups in total. The fourth-order valence-corrected chi connectivity index (χ4v) is 3.96. The fraction of sp³-hybridized carbons (Fsp3) is 0.630. The van der Waals surface area contributed by atoms with Gasteiger partial charge in [-0.15, -0.1) is 0 Å². The number of unbranched alkanes of at least 4 members (excludes halogenated alkanes) is 1. The summed E-state index contributed by atoms with van der Waals surface area (Å²) in [7, 11) is 0. The maximum absolute atomic E-state index is 13.3. The Kier molecular flexibility index (Phi) is 14.4. The molecule has 11 heteroatoms. The van der Waals surface area contributed by atoms with Gasteiger partial charge in [0.15, 0.2) is 0 Å². The molecule has 0 aliphatic carbocycles. The second-order valence-electron chi connectivity index (χ2n) is 10.5. The van der Waals surface area contributed by atoms with Gasteiger partial charge < -0.3 is 37.6 Å². The van der Waals surface area contributed by atoms with Crippen molar-refractivity contribution in [3.8, 4) is 5.75 Å². The second kappa shape index (κ2) is 16.6. The highest BCUT2D eigenvalue weighted by Crippen LogP contribution is 2.12. The van der Waals surface area contributed by atoms with Crippen LogP contribution in [0, 0.1) is 11.8 Å². The summed E-state index contributed by atoms with van der Waals surface area (Å²) in [4.78, 5) is 50.8. The van der Waals surface area contributed by atoms with Crippen LogP contribution >= 0.6 is 0 Å². The normalized spacial score (nSPS) is 14.4. The number of rotatable bonds is 17. The number of hydrogen-bond donors (Lipinski definition) is 7. The number of carboxylic acid groups (broad SMARTS) is 1. The third-order valence-corrected chi connectivity index (χ3v) is 5.97. The highest BCUT2D eigenvalue weighted by Gasteiger charge is 2.31. The van der Waals surface area contributed by atoms with Gasteiger partial charge in [-0.2, -0.15) is 0 Å². The van der Waals surface area contributed by atoms with E-state index in [0.717, 1.165) is 5.56 Å². The van der Waals surface area contributed by atoms with Crippen LogP contribution < -0.4 is 27.4 Å². The number of carbonyl (C=O) groups is 4. The van der Waals surface area contributed by atoms with Crippen molar-refractivity contribution in [1.29, 1.82) is 0 Å². The van der Waals surface area contributed by atoms with Gasteiger partial charge in [0.2, 0.25) is 17.7 Å². The molecule has 214 valence electrons. The topological polar surface area (TPSA) is 197 Å². The van der Waals surface area contributed by atoms with Gasteiger partial charge in [-0.1, -0.05) is 39.8 Å². The van der Waals surface area contributed by atoms with E-state index >= 15 is 0 Å². The first-order valence-electron chi connectivity index (χ1n) is 13.2. The number of hydrogen-bond acceptors (Lipinski definition) is 7. The third-order valence-electron chi connectivity index (χ3n) is 5.97. The van der Waals surface area contributed by atoms with Crippen molar-refractivity contribution >= 4 is 23.7 Å². The SMILES string of the molecule is CC(C)CC(NC(=O)C(CC(C)C)NC(=O)C(CCCCN)NC(=O)C(N)Cc1ccc(O)cc1)C(=O)O. The van der Waals surface area contributed by atoms with Crippen molar-refractivity contribution in [2.24, 2.45) is 23.3 Å². The van der Waals surface area contributed by atoms with Gasteiger partial charge >= 0.3 is 5.97 Å². The maximum Gasteiger partial charge on any atom is 0.326 e. The van der Waals surface area contributed by atoms with Crippen LogP contribution in [0.4, 0.5) is 0 Å². The van der Waals surface area contributed by atoms with Gasteiger partial charge in [-0.25, -0.2) is 4.79 Å². The van der Waals surface area contributed by atoms with E-state index < -0.39 is 47.9 Å². The molecule has 0 aromatic heterocycles. The van der Waals surface area contributed by atoms with Crippen LogP contribution in [0.1, 0.15) is 65.4 Å². The van der Waals surface area contributed by atoms with Crippen molar-refractivity contribution in [2.45, 2.75) is 90.4 Å². The molecule has 0 spiro atoms. The summed E-state index contributed by atoms with van der Waals surface area (Å²) in [6.45, 7) is 7.91. The van der Waals surface area contributed by atoms with Gasteiger partial charge in [0.05, 0.1) is 6.04 Å². The molecule has 0 fully saturated rings. The number of benzene rings is 1. The number of nitrogens with two attached hydrogens (primary N) is 2. The molecule has 4 atom stereocenters. The predicted octanol–water partition coefficient (Wildman–Crippen LogP) is 1.02. The monoisotopic (exact) mass is 535 g/mol. The van der Waals surface area contributed by atoms with Crippen LogP contribution in [-0.4, -0.2) is 64.6 Å². The first-order valence-corrected chi connectivity index (χ1v) is 13.2. The van der Waals surface area contributed by atoms with Crippen LogP contribution in [0.2, 0.25) is 0 Å². The molecule has 0 aliphatic rings. The number of nitrogens with one attached hydrogen (secondary N) is 3. The fourth-order valence-electron chi connectivity index (χ4n) is 3.96. The minimum atomic E-state index is -1.14. The Morgan fingerprint density at radius 2 is 1.29 bits per heavy atom. The van der Waals surface area contributed by atoms with Crippen molar-refractivity contribution in [1.82, 2.24) is 16.0 Å². The largest absolute Gasteiger partial charge is 0.508 e. The summed E-state index contributed by atoms with van der Waals surface area (Å²) in [6.07, 6.45) is 2.24. The van der Waals surface area contributed by atoms with E-state index in [0.29, 0.717) is 25.8 Å². The molecule has 0 saturated carbocycles. The van der Waals surface area contributed by atoms with E-state index in [9.17, 15) is 29.4 Å². The Morgan fingerprint density at radius 3 is 1.82 bits per heavy atom. The van der Waals surface area contributed by atoms with Gasteiger partial charge in [0, 0.05) is 0 Å². The molecule has 38 heavy (non-hydrogen) atoms. The molecule has 0 bridgehead atoms. The molecule has 11 nitrogen and oxygen atoms in total. The summed E-state index contributed by atoms with van der Waals surface area (Å²) < 4.78 is 0. The summed E-state index contributed by atoms with van der Waals surface area (Å²) in [5.41, 5.74) is 12.4. The number of carbonyl (C=O) groups excluding carboxylic acids is 3. The van der Waals surface area contributed by atoms with E-state index in [4.69, 9.17) is 11.5 Å². The number of amides is 3. The van der Waals surface area contributed by atoms with Crippen LogP contribution in [0.5, 0.6) is 5.75 Å². The van der Waals surface area contributed by atoms with E-state index in [2.05, 4.69) is 16.0 Å². The van der Waals surface area contributed by atoms with Crippen LogP contribution in [0.25, 0.3) is 0 Å². The van der Waals surface area contributed by atoms with Gasteiger partial charge in [-0.05, 0) is 74.6 Å². The zero-order valence-corrected chi connectivity index (χ0v) is 22.9. The Balaban J connectivity index is 2.98. The van der Waals surface area contributed by atoms with Crippen molar-refractivity contribution in [3.05, 3.63) is 29.8 Å². The lowest BCUT2D eigenvalue weighted by Gasteiger charge is -2.26. The molecule has 1 aromatic carbocycles. The van der Waals surface area contributed by atoms with Crippen molar-refractivity contribution in [3.63, 3.8) is 0 Å². The Hall–Kier alpha value is -3.18. The van der Waals surface area contributed by atoms with Crippen LogP contribution in [0.15, 0.2) is 24.3 Å². The lowest BCUT2D eigenvalue weighted by atomic mass is 9.99. The van der Waals surface area contributed by atoms with Crippen LogP contribution in [-0.2, 0) is 25.6 Å². The summed E-state index contributed by atoms with van der Waals surface area (Å²) in [6, 6.07) is 2.38.